The fraction of sp³-hybridized carbons (Fsp3) is 0.318. The van der Waals surface area contributed by atoms with Gasteiger partial charge in [0.2, 0.25) is 5.91 Å². The van der Waals surface area contributed by atoms with E-state index >= 15 is 0 Å². The first kappa shape index (κ1) is 25.0. The smallest absolute Gasteiger partial charge is 0.261 e. The molecule has 32 heavy (non-hydrogen) atoms. The van der Waals surface area contributed by atoms with Crippen molar-refractivity contribution in [2.75, 3.05) is 17.3 Å². The lowest BCUT2D eigenvalue weighted by Crippen LogP contribution is -2.14. The normalized spacial score (nSPS) is 11.4. The second-order valence-electron chi connectivity index (χ2n) is 8.35. The number of hydrogen-bond acceptors (Lipinski definition) is 7. The summed E-state index contributed by atoms with van der Waals surface area (Å²) in [6.45, 7) is 8.01. The van der Waals surface area contributed by atoms with Crippen LogP contribution in [-0.4, -0.2) is 35.3 Å². The van der Waals surface area contributed by atoms with E-state index in [9.17, 15) is 13.2 Å². The first-order valence-corrected chi connectivity index (χ1v) is 11.6. The van der Waals surface area contributed by atoms with E-state index in [-0.39, 0.29) is 17.7 Å². The quantitative estimate of drug-likeness (QED) is 0.500. The van der Waals surface area contributed by atoms with Crippen molar-refractivity contribution in [3.63, 3.8) is 0 Å². The van der Waals surface area contributed by atoms with E-state index in [4.69, 9.17) is 14.8 Å². The molecule has 0 aliphatic carbocycles. The van der Waals surface area contributed by atoms with Crippen LogP contribution < -0.4 is 11.1 Å². The van der Waals surface area contributed by atoms with Crippen LogP contribution >= 0.6 is 0 Å². The molecule has 0 aliphatic rings. The van der Waals surface area contributed by atoms with E-state index in [0.717, 1.165) is 28.1 Å². The zero-order valence-corrected chi connectivity index (χ0v) is 19.5. The summed E-state index contributed by atoms with van der Waals surface area (Å²) < 4.78 is 31.2. The first-order chi connectivity index (χ1) is 14.7. The number of pyridine rings is 1. The number of aryl methyl sites for hydroxylation is 1. The summed E-state index contributed by atoms with van der Waals surface area (Å²) in [5.41, 5.74) is 9.41. The first-order valence-electron chi connectivity index (χ1n) is 9.74. The maximum Gasteiger partial charge on any atom is 0.261 e. The van der Waals surface area contributed by atoms with E-state index in [0.29, 0.717) is 17.9 Å². The molecular formula is C22H28N4O5S. The van der Waals surface area contributed by atoms with Crippen molar-refractivity contribution in [2.45, 2.75) is 39.5 Å². The SMILES string of the molecule is CS(=O)(=O)O.Cc1nc(N)ccc1-c1ccc(CC(=O)Nc2cc(C(C)(C)C)on2)cc1. The molecule has 2 heterocycles. The summed E-state index contributed by atoms with van der Waals surface area (Å²) in [4.78, 5) is 16.6. The summed E-state index contributed by atoms with van der Waals surface area (Å²) >= 11 is 0. The zero-order chi connectivity index (χ0) is 24.1. The highest BCUT2D eigenvalue weighted by Gasteiger charge is 2.20. The van der Waals surface area contributed by atoms with Crippen molar-refractivity contribution >= 4 is 27.7 Å². The van der Waals surface area contributed by atoms with Gasteiger partial charge < -0.3 is 15.6 Å². The van der Waals surface area contributed by atoms with Crippen molar-refractivity contribution in [1.29, 1.82) is 0 Å². The molecular weight excluding hydrogens is 432 g/mol. The van der Waals surface area contributed by atoms with Crippen molar-refractivity contribution < 1.29 is 22.3 Å². The van der Waals surface area contributed by atoms with Gasteiger partial charge in [0.25, 0.3) is 10.1 Å². The predicted octanol–water partition coefficient (Wildman–Crippen LogP) is 3.61. The number of amides is 1. The standard InChI is InChI=1S/C21H24N4O2.CH4O3S/c1-13-16(9-10-18(22)23-13)15-7-5-14(6-8-15)11-20(26)24-19-12-17(27-25-19)21(2,3)4;1-5(2,3)4/h5-10,12H,11H2,1-4H3,(H2,22,23)(H,24,25,26);1H3,(H,2,3,4). The Balaban J connectivity index is 0.000000654. The van der Waals surface area contributed by atoms with Crippen LogP contribution in [0, 0.1) is 6.92 Å². The molecule has 10 heteroatoms. The number of anilines is 2. The minimum atomic E-state index is -3.67. The molecule has 0 fully saturated rings. The maximum atomic E-state index is 12.3. The third kappa shape index (κ3) is 8.12. The van der Waals surface area contributed by atoms with E-state index in [2.05, 4.69) is 15.5 Å². The van der Waals surface area contributed by atoms with Gasteiger partial charge >= 0.3 is 0 Å². The molecule has 2 aromatic heterocycles. The monoisotopic (exact) mass is 460 g/mol. The molecule has 0 unspecified atom stereocenters. The van der Waals surface area contributed by atoms with Crippen LogP contribution in [-0.2, 0) is 26.7 Å². The number of benzene rings is 1. The number of carbonyl (C=O) groups is 1. The Kier molecular flexibility index (Phi) is 7.76. The Morgan fingerprint density at radius 2 is 1.75 bits per heavy atom. The van der Waals surface area contributed by atoms with Gasteiger partial charge in [0.15, 0.2) is 5.82 Å². The lowest BCUT2D eigenvalue weighted by Gasteiger charge is -2.12. The van der Waals surface area contributed by atoms with E-state index < -0.39 is 10.1 Å². The molecule has 1 amide bonds. The third-order valence-corrected chi connectivity index (χ3v) is 4.25. The van der Waals surface area contributed by atoms with Crippen molar-refractivity contribution in [3.8, 4) is 11.1 Å². The molecule has 172 valence electrons. The van der Waals surface area contributed by atoms with Crippen LogP contribution in [0.25, 0.3) is 11.1 Å². The second-order valence-corrected chi connectivity index (χ2v) is 9.82. The largest absolute Gasteiger partial charge is 0.384 e. The Morgan fingerprint density at radius 3 is 2.25 bits per heavy atom. The van der Waals surface area contributed by atoms with Crippen molar-refractivity contribution in [1.82, 2.24) is 10.1 Å². The van der Waals surface area contributed by atoms with E-state index in [1.807, 2.05) is 58.0 Å². The van der Waals surface area contributed by atoms with Gasteiger partial charge in [0.1, 0.15) is 11.6 Å². The number of nitrogens with zero attached hydrogens (tertiary/aromatic N) is 2. The van der Waals surface area contributed by atoms with E-state index in [1.165, 1.54) is 0 Å². The van der Waals surface area contributed by atoms with Crippen molar-refractivity contribution in [2.24, 2.45) is 0 Å². The number of aromatic nitrogens is 2. The molecule has 0 saturated carbocycles. The number of nitrogen functional groups attached to an aromatic ring is 1. The van der Waals surface area contributed by atoms with Gasteiger partial charge in [-0.15, -0.1) is 0 Å². The van der Waals surface area contributed by atoms with Crippen LogP contribution in [0.3, 0.4) is 0 Å². The summed E-state index contributed by atoms with van der Waals surface area (Å²) in [6, 6.07) is 13.3. The van der Waals surface area contributed by atoms with Crippen LogP contribution in [0.1, 0.15) is 37.8 Å². The summed E-state index contributed by atoms with van der Waals surface area (Å²) in [5.74, 6) is 1.54. The van der Waals surface area contributed by atoms with Gasteiger partial charge in [0, 0.05) is 22.7 Å². The number of nitrogens with one attached hydrogen (secondary N) is 1. The lowest BCUT2D eigenvalue weighted by atomic mass is 9.93. The van der Waals surface area contributed by atoms with Crippen LogP contribution in [0.4, 0.5) is 11.6 Å². The van der Waals surface area contributed by atoms with Crippen LogP contribution in [0.15, 0.2) is 47.0 Å². The number of rotatable bonds is 4. The molecule has 1 aromatic carbocycles. The molecule has 0 aliphatic heterocycles. The molecule has 0 spiro atoms. The van der Waals surface area contributed by atoms with Gasteiger partial charge in [-0.05, 0) is 30.2 Å². The van der Waals surface area contributed by atoms with Gasteiger partial charge in [0.05, 0.1) is 12.7 Å². The number of nitrogens with two attached hydrogens (primary N) is 1. The van der Waals surface area contributed by atoms with Crippen LogP contribution in [0.5, 0.6) is 0 Å². The predicted molar refractivity (Wildman–Crippen MR) is 124 cm³/mol. The second kappa shape index (κ2) is 9.92. The highest BCUT2D eigenvalue weighted by Crippen LogP contribution is 2.25. The van der Waals surface area contributed by atoms with Crippen LogP contribution in [0.2, 0.25) is 0 Å². The Morgan fingerprint density at radius 1 is 1.16 bits per heavy atom. The lowest BCUT2D eigenvalue weighted by molar-refractivity contribution is -0.115. The number of hydrogen-bond donors (Lipinski definition) is 3. The van der Waals surface area contributed by atoms with E-state index in [1.54, 1.807) is 12.1 Å². The summed E-state index contributed by atoms with van der Waals surface area (Å²) in [6.07, 6.45) is 0.976. The molecule has 4 N–H and O–H groups in total. The number of carbonyl (C=O) groups excluding carboxylic acids is 1. The molecule has 0 radical (unpaired) electrons. The zero-order valence-electron chi connectivity index (χ0n) is 18.7. The maximum absolute atomic E-state index is 12.3. The molecule has 0 bridgehead atoms. The van der Waals surface area contributed by atoms with Crippen molar-refractivity contribution in [3.05, 3.63) is 59.5 Å². The molecule has 0 saturated heterocycles. The highest BCUT2D eigenvalue weighted by molar-refractivity contribution is 7.85. The fourth-order valence-electron chi connectivity index (χ4n) is 2.75. The Bertz CT molecular complexity index is 1170. The summed E-state index contributed by atoms with van der Waals surface area (Å²) in [7, 11) is -3.67. The van der Waals surface area contributed by atoms with Gasteiger partial charge in [-0.3, -0.25) is 9.35 Å². The minimum absolute atomic E-state index is 0.137. The molecule has 3 rings (SSSR count). The molecule has 9 nitrogen and oxygen atoms in total. The average Bonchev–Trinajstić information content (AvgIpc) is 3.10. The fourth-order valence-corrected chi connectivity index (χ4v) is 2.75. The third-order valence-electron chi connectivity index (χ3n) is 4.25. The molecule has 0 atom stereocenters. The van der Waals surface area contributed by atoms with Gasteiger partial charge in [-0.2, -0.15) is 8.42 Å². The Labute approximate surface area is 187 Å². The van der Waals surface area contributed by atoms with Gasteiger partial charge in [-0.1, -0.05) is 50.2 Å². The Hall–Kier alpha value is -3.24. The average molecular weight is 461 g/mol. The summed E-state index contributed by atoms with van der Waals surface area (Å²) in [5, 5.41) is 6.69. The minimum Gasteiger partial charge on any atom is -0.384 e. The highest BCUT2D eigenvalue weighted by atomic mass is 32.2. The molecule has 3 aromatic rings. The van der Waals surface area contributed by atoms with Gasteiger partial charge in [-0.25, -0.2) is 4.98 Å². The topological polar surface area (TPSA) is 148 Å².